The Kier molecular flexibility index (Phi) is 6.67. The normalized spacial score (nSPS) is 10.4. The topological polar surface area (TPSA) is 65.9 Å². The Morgan fingerprint density at radius 1 is 1.53 bits per heavy atom. The zero-order valence-electron chi connectivity index (χ0n) is 11.1. The second-order valence-electron chi connectivity index (χ2n) is 3.88. The number of phenolic OH excluding ortho intramolecular Hbond substituents is 1. The molecule has 5 nitrogen and oxygen atoms in total. The van der Waals surface area contributed by atoms with Gasteiger partial charge in [-0.3, -0.25) is 5.43 Å². The lowest BCUT2D eigenvalue weighted by Gasteiger charge is -2.06. The fraction of sp³-hybridized carbons (Fsp3) is 0.385. The SMILES string of the molecule is CCCCNC(=S)NN=Cc1cccc(OC)c1O. The smallest absolute Gasteiger partial charge is 0.186 e. The first kappa shape index (κ1) is 15.2. The van der Waals surface area contributed by atoms with E-state index in [2.05, 4.69) is 22.8 Å². The van der Waals surface area contributed by atoms with Gasteiger partial charge in [0.2, 0.25) is 0 Å². The number of nitrogens with one attached hydrogen (secondary N) is 2. The average molecular weight is 281 g/mol. The quantitative estimate of drug-likeness (QED) is 0.322. The molecule has 1 aromatic rings. The van der Waals surface area contributed by atoms with E-state index in [9.17, 15) is 5.11 Å². The maximum absolute atomic E-state index is 9.83. The largest absolute Gasteiger partial charge is 0.504 e. The summed E-state index contributed by atoms with van der Waals surface area (Å²) in [6.45, 7) is 2.93. The summed E-state index contributed by atoms with van der Waals surface area (Å²) < 4.78 is 5.01. The Hall–Kier alpha value is -1.82. The molecule has 0 radical (unpaired) electrons. The number of hydrazone groups is 1. The molecule has 0 heterocycles. The summed E-state index contributed by atoms with van der Waals surface area (Å²) >= 11 is 5.04. The van der Waals surface area contributed by atoms with Crippen molar-refractivity contribution in [3.8, 4) is 11.5 Å². The molecule has 0 aliphatic heterocycles. The zero-order chi connectivity index (χ0) is 14.1. The van der Waals surface area contributed by atoms with E-state index >= 15 is 0 Å². The number of unbranched alkanes of at least 4 members (excludes halogenated alkanes) is 1. The highest BCUT2D eigenvalue weighted by molar-refractivity contribution is 7.80. The maximum Gasteiger partial charge on any atom is 0.186 e. The van der Waals surface area contributed by atoms with Gasteiger partial charge in [0, 0.05) is 12.1 Å². The van der Waals surface area contributed by atoms with E-state index in [0.717, 1.165) is 19.4 Å². The Bertz CT molecular complexity index is 450. The molecule has 0 aliphatic rings. The molecule has 104 valence electrons. The number of phenols is 1. The number of nitrogens with zero attached hydrogens (tertiary/aromatic N) is 1. The molecule has 0 aromatic heterocycles. The predicted octanol–water partition coefficient (Wildman–Crippen LogP) is 2.00. The molecule has 0 amide bonds. The van der Waals surface area contributed by atoms with E-state index in [0.29, 0.717) is 16.4 Å². The Morgan fingerprint density at radius 3 is 3.00 bits per heavy atom. The van der Waals surface area contributed by atoms with Crippen LogP contribution < -0.4 is 15.5 Å². The summed E-state index contributed by atoms with van der Waals surface area (Å²) in [5.41, 5.74) is 3.25. The molecule has 0 atom stereocenters. The van der Waals surface area contributed by atoms with Gasteiger partial charge in [-0.25, -0.2) is 0 Å². The van der Waals surface area contributed by atoms with Crippen molar-refractivity contribution >= 4 is 23.5 Å². The molecule has 6 heteroatoms. The molecule has 3 N–H and O–H groups in total. The van der Waals surface area contributed by atoms with E-state index in [1.54, 1.807) is 18.2 Å². The summed E-state index contributed by atoms with van der Waals surface area (Å²) in [5, 5.41) is 17.3. The van der Waals surface area contributed by atoms with Crippen molar-refractivity contribution in [3.05, 3.63) is 23.8 Å². The molecule has 0 fully saturated rings. The van der Waals surface area contributed by atoms with Crippen LogP contribution in [0.25, 0.3) is 0 Å². The number of hydrogen-bond donors (Lipinski definition) is 3. The first-order valence-corrected chi connectivity index (χ1v) is 6.52. The molecule has 0 bridgehead atoms. The van der Waals surface area contributed by atoms with Gasteiger partial charge in [0.25, 0.3) is 0 Å². The third-order valence-electron chi connectivity index (χ3n) is 2.44. The number of ether oxygens (including phenoxy) is 1. The average Bonchev–Trinajstić information content (AvgIpc) is 2.41. The minimum atomic E-state index is 0.0559. The highest BCUT2D eigenvalue weighted by atomic mass is 32.1. The van der Waals surface area contributed by atoms with Crippen LogP contribution in [0, 0.1) is 0 Å². The number of hydrogen-bond acceptors (Lipinski definition) is 4. The van der Waals surface area contributed by atoms with Crippen LogP contribution in [0.1, 0.15) is 25.3 Å². The first-order valence-electron chi connectivity index (χ1n) is 6.12. The molecule has 0 unspecified atom stereocenters. The van der Waals surface area contributed by atoms with E-state index in [-0.39, 0.29) is 5.75 Å². The molecule has 1 aromatic carbocycles. The third-order valence-corrected chi connectivity index (χ3v) is 2.67. The van der Waals surface area contributed by atoms with E-state index in [1.165, 1.54) is 13.3 Å². The van der Waals surface area contributed by atoms with Gasteiger partial charge in [0.1, 0.15) is 0 Å². The van der Waals surface area contributed by atoms with Crippen LogP contribution in [-0.4, -0.2) is 30.1 Å². The fourth-order valence-electron chi connectivity index (χ4n) is 1.39. The van der Waals surface area contributed by atoms with E-state index < -0.39 is 0 Å². The van der Waals surface area contributed by atoms with Crippen molar-refractivity contribution in [1.82, 2.24) is 10.7 Å². The summed E-state index contributed by atoms with van der Waals surface area (Å²) in [5.74, 6) is 0.466. The van der Waals surface area contributed by atoms with Gasteiger partial charge >= 0.3 is 0 Å². The second-order valence-corrected chi connectivity index (χ2v) is 4.29. The Labute approximate surface area is 118 Å². The van der Waals surface area contributed by atoms with Gasteiger partial charge in [-0.1, -0.05) is 19.4 Å². The van der Waals surface area contributed by atoms with Crippen molar-refractivity contribution in [2.75, 3.05) is 13.7 Å². The highest BCUT2D eigenvalue weighted by Crippen LogP contribution is 2.27. The molecule has 19 heavy (non-hydrogen) atoms. The van der Waals surface area contributed by atoms with Crippen molar-refractivity contribution < 1.29 is 9.84 Å². The summed E-state index contributed by atoms with van der Waals surface area (Å²) in [4.78, 5) is 0. The molecule has 0 aliphatic carbocycles. The molecular formula is C13H19N3O2S. The Morgan fingerprint density at radius 2 is 2.32 bits per heavy atom. The van der Waals surface area contributed by atoms with Crippen molar-refractivity contribution in [2.45, 2.75) is 19.8 Å². The third kappa shape index (κ3) is 5.13. The molecule has 0 spiro atoms. The van der Waals surface area contributed by atoms with E-state index in [4.69, 9.17) is 17.0 Å². The minimum Gasteiger partial charge on any atom is -0.504 e. The van der Waals surface area contributed by atoms with E-state index in [1.807, 2.05) is 0 Å². The van der Waals surface area contributed by atoms with Crippen LogP contribution in [0.2, 0.25) is 0 Å². The van der Waals surface area contributed by atoms with Crippen molar-refractivity contribution in [2.24, 2.45) is 5.10 Å². The summed E-state index contributed by atoms with van der Waals surface area (Å²) in [7, 11) is 1.50. The predicted molar refractivity (Wildman–Crippen MR) is 80.9 cm³/mol. The lowest BCUT2D eigenvalue weighted by atomic mass is 10.2. The van der Waals surface area contributed by atoms with Crippen molar-refractivity contribution in [3.63, 3.8) is 0 Å². The molecule has 1 rings (SSSR count). The van der Waals surface area contributed by atoms with Gasteiger partial charge in [-0.2, -0.15) is 5.10 Å². The molecule has 0 saturated heterocycles. The zero-order valence-corrected chi connectivity index (χ0v) is 12.0. The number of methoxy groups -OCH3 is 1. The van der Waals surface area contributed by atoms with Gasteiger partial charge in [-0.05, 0) is 30.8 Å². The van der Waals surface area contributed by atoms with Crippen LogP contribution in [0.5, 0.6) is 11.5 Å². The first-order chi connectivity index (χ1) is 9.19. The summed E-state index contributed by atoms with van der Waals surface area (Å²) in [6, 6.07) is 5.19. The number of thiocarbonyl (C=S) groups is 1. The van der Waals surface area contributed by atoms with Gasteiger partial charge in [0.15, 0.2) is 16.6 Å². The van der Waals surface area contributed by atoms with Crippen molar-refractivity contribution in [1.29, 1.82) is 0 Å². The van der Waals surface area contributed by atoms with Crippen LogP contribution in [-0.2, 0) is 0 Å². The molecule has 0 saturated carbocycles. The van der Waals surface area contributed by atoms with Crippen LogP contribution in [0.4, 0.5) is 0 Å². The lowest BCUT2D eigenvalue weighted by Crippen LogP contribution is -2.32. The number of aromatic hydroxyl groups is 1. The monoisotopic (exact) mass is 281 g/mol. The number of benzene rings is 1. The second kappa shape index (κ2) is 8.31. The lowest BCUT2D eigenvalue weighted by molar-refractivity contribution is 0.373. The van der Waals surface area contributed by atoms with Crippen LogP contribution in [0.3, 0.4) is 0 Å². The van der Waals surface area contributed by atoms with Crippen LogP contribution >= 0.6 is 12.2 Å². The number of para-hydroxylation sites is 1. The van der Waals surface area contributed by atoms with Gasteiger partial charge in [0.05, 0.1) is 13.3 Å². The standard InChI is InChI=1S/C13H19N3O2S/c1-3-4-8-14-13(19)16-15-9-10-6-5-7-11(18-2)12(10)17/h5-7,9,17H,3-4,8H2,1-2H3,(H2,14,16,19). The van der Waals surface area contributed by atoms with Gasteiger partial charge in [-0.15, -0.1) is 0 Å². The van der Waals surface area contributed by atoms with Gasteiger partial charge < -0.3 is 15.2 Å². The molecular weight excluding hydrogens is 262 g/mol. The highest BCUT2D eigenvalue weighted by Gasteiger charge is 2.04. The maximum atomic E-state index is 9.83. The van der Waals surface area contributed by atoms with Crippen LogP contribution in [0.15, 0.2) is 23.3 Å². The number of rotatable bonds is 6. The fourth-order valence-corrected chi connectivity index (χ4v) is 1.54. The summed E-state index contributed by atoms with van der Waals surface area (Å²) in [6.07, 6.45) is 3.66. The Balaban J connectivity index is 2.51. The minimum absolute atomic E-state index is 0.0559.